The molecular weight excluding hydrogens is 481 g/mol. The van der Waals surface area contributed by atoms with Crippen molar-refractivity contribution < 1.29 is 14.2 Å². The van der Waals surface area contributed by atoms with Crippen LogP contribution >= 0.6 is 24.0 Å². The number of nitrogens with one attached hydrogen (secondary N) is 1. The first-order valence-electron chi connectivity index (χ1n) is 9.48. The van der Waals surface area contributed by atoms with Crippen molar-refractivity contribution in [2.45, 2.75) is 12.8 Å². The summed E-state index contributed by atoms with van der Waals surface area (Å²) in [6.45, 7) is 2.32. The summed E-state index contributed by atoms with van der Waals surface area (Å²) in [5.41, 5.74) is 1.19. The van der Waals surface area contributed by atoms with Gasteiger partial charge in [-0.2, -0.15) is 0 Å². The van der Waals surface area contributed by atoms with E-state index in [0.717, 1.165) is 49.1 Å². The molecule has 2 aromatic carbocycles. The molecule has 0 aliphatic heterocycles. The Morgan fingerprint density at radius 1 is 1.03 bits per heavy atom. The van der Waals surface area contributed by atoms with Crippen LogP contribution in [-0.4, -0.2) is 58.9 Å². The molecule has 6 nitrogen and oxygen atoms in total. The van der Waals surface area contributed by atoms with Gasteiger partial charge in [-0.1, -0.05) is 24.3 Å². The Balaban J connectivity index is 0.00000420. The third-order valence-corrected chi connectivity index (χ3v) is 4.37. The number of para-hydroxylation sites is 1. The van der Waals surface area contributed by atoms with Crippen molar-refractivity contribution in [2.24, 2.45) is 4.99 Å². The average Bonchev–Trinajstić information content (AvgIpc) is 2.75. The summed E-state index contributed by atoms with van der Waals surface area (Å²) >= 11 is 0. The second-order valence-electron chi connectivity index (χ2n) is 6.35. The Morgan fingerprint density at radius 2 is 1.76 bits per heavy atom. The molecule has 2 aromatic rings. The van der Waals surface area contributed by atoms with Gasteiger partial charge in [-0.15, -0.1) is 24.0 Å². The van der Waals surface area contributed by atoms with Gasteiger partial charge < -0.3 is 24.4 Å². The molecule has 2 rings (SSSR count). The van der Waals surface area contributed by atoms with E-state index < -0.39 is 0 Å². The normalized spacial score (nSPS) is 10.7. The summed E-state index contributed by atoms with van der Waals surface area (Å²) < 4.78 is 16.4. The second kappa shape index (κ2) is 13.9. The summed E-state index contributed by atoms with van der Waals surface area (Å²) in [5.74, 6) is 3.28. The minimum atomic E-state index is 0. The maximum atomic E-state index is 5.71. The molecule has 0 aliphatic rings. The third-order valence-electron chi connectivity index (χ3n) is 4.37. The molecule has 0 aliphatic carbocycles. The van der Waals surface area contributed by atoms with Gasteiger partial charge in [-0.05, 0) is 42.7 Å². The van der Waals surface area contributed by atoms with E-state index in [0.29, 0.717) is 6.61 Å². The van der Waals surface area contributed by atoms with Gasteiger partial charge >= 0.3 is 0 Å². The predicted molar refractivity (Wildman–Crippen MR) is 129 cm³/mol. The van der Waals surface area contributed by atoms with Crippen molar-refractivity contribution in [3.63, 3.8) is 0 Å². The van der Waals surface area contributed by atoms with E-state index in [1.54, 1.807) is 21.3 Å². The van der Waals surface area contributed by atoms with Crippen LogP contribution in [0.1, 0.15) is 12.0 Å². The van der Waals surface area contributed by atoms with Crippen molar-refractivity contribution in [1.82, 2.24) is 10.2 Å². The van der Waals surface area contributed by atoms with E-state index in [2.05, 4.69) is 21.3 Å². The molecule has 1 N–H and O–H groups in total. The fraction of sp³-hybridized carbons (Fsp3) is 0.409. The summed E-state index contributed by atoms with van der Waals surface area (Å²) in [4.78, 5) is 6.48. The molecule has 0 fully saturated rings. The molecule has 160 valence electrons. The van der Waals surface area contributed by atoms with E-state index in [9.17, 15) is 0 Å². The number of hydrogen-bond acceptors (Lipinski definition) is 4. The van der Waals surface area contributed by atoms with Crippen LogP contribution in [0.2, 0.25) is 0 Å². The number of methoxy groups -OCH3 is 2. The SMILES string of the molecule is CN=C(NCCCOc1ccccc1)N(C)CCc1ccc(OC)c(OC)c1.I. The van der Waals surface area contributed by atoms with Gasteiger partial charge in [0.2, 0.25) is 0 Å². The number of benzene rings is 2. The Bertz CT molecular complexity index is 741. The zero-order chi connectivity index (χ0) is 20.2. The monoisotopic (exact) mass is 513 g/mol. The molecule has 0 aromatic heterocycles. The largest absolute Gasteiger partial charge is 0.494 e. The molecule has 0 saturated carbocycles. The van der Waals surface area contributed by atoms with Gasteiger partial charge in [-0.25, -0.2) is 0 Å². The van der Waals surface area contributed by atoms with E-state index in [1.807, 2.05) is 49.5 Å². The summed E-state index contributed by atoms with van der Waals surface area (Å²) in [6, 6.07) is 15.9. The minimum absolute atomic E-state index is 0. The van der Waals surface area contributed by atoms with E-state index in [1.165, 1.54) is 5.56 Å². The number of aliphatic imine (C=N–C) groups is 1. The Kier molecular flexibility index (Phi) is 11.9. The summed E-state index contributed by atoms with van der Waals surface area (Å²) in [7, 11) is 7.14. The Hall–Kier alpha value is -2.16. The molecule has 0 spiro atoms. The fourth-order valence-electron chi connectivity index (χ4n) is 2.80. The first-order chi connectivity index (χ1) is 13.7. The van der Waals surface area contributed by atoms with Crippen LogP contribution in [0.4, 0.5) is 0 Å². The van der Waals surface area contributed by atoms with Crippen molar-refractivity contribution in [1.29, 1.82) is 0 Å². The van der Waals surface area contributed by atoms with Crippen LogP contribution in [0.25, 0.3) is 0 Å². The van der Waals surface area contributed by atoms with Crippen LogP contribution in [0.15, 0.2) is 53.5 Å². The molecule has 0 unspecified atom stereocenters. The van der Waals surface area contributed by atoms with Gasteiger partial charge in [0.05, 0.1) is 20.8 Å². The number of rotatable bonds is 10. The minimum Gasteiger partial charge on any atom is -0.494 e. The molecule has 0 atom stereocenters. The highest BCUT2D eigenvalue weighted by Gasteiger charge is 2.08. The Morgan fingerprint density at radius 3 is 2.41 bits per heavy atom. The molecule has 0 amide bonds. The van der Waals surface area contributed by atoms with Crippen molar-refractivity contribution in [3.05, 3.63) is 54.1 Å². The lowest BCUT2D eigenvalue weighted by Gasteiger charge is -2.22. The smallest absolute Gasteiger partial charge is 0.193 e. The lowest BCUT2D eigenvalue weighted by Crippen LogP contribution is -2.40. The van der Waals surface area contributed by atoms with Gasteiger partial charge in [0.25, 0.3) is 0 Å². The lowest BCUT2D eigenvalue weighted by atomic mass is 10.1. The van der Waals surface area contributed by atoms with E-state index in [-0.39, 0.29) is 24.0 Å². The number of likely N-dealkylation sites (N-methyl/N-ethyl adjacent to an activating group) is 1. The number of guanidine groups is 1. The molecule has 0 bridgehead atoms. The number of halogens is 1. The summed E-state index contributed by atoms with van der Waals surface area (Å²) in [5, 5.41) is 3.38. The maximum absolute atomic E-state index is 5.71. The topological polar surface area (TPSA) is 55.3 Å². The zero-order valence-corrected chi connectivity index (χ0v) is 20.0. The van der Waals surface area contributed by atoms with Crippen LogP contribution in [-0.2, 0) is 6.42 Å². The standard InChI is InChI=1S/C22H31N3O3.HI/c1-23-22(24-14-8-16-28-19-9-6-5-7-10-19)25(2)15-13-18-11-12-20(26-3)21(17-18)27-4;/h5-7,9-12,17H,8,13-16H2,1-4H3,(H,23,24);1H. The quantitative estimate of drug-likeness (QED) is 0.227. The third kappa shape index (κ3) is 8.39. The van der Waals surface area contributed by atoms with Crippen molar-refractivity contribution >= 4 is 29.9 Å². The van der Waals surface area contributed by atoms with Gasteiger partial charge in [0.1, 0.15) is 5.75 Å². The fourth-order valence-corrected chi connectivity index (χ4v) is 2.80. The second-order valence-corrected chi connectivity index (χ2v) is 6.35. The highest BCUT2D eigenvalue weighted by molar-refractivity contribution is 14.0. The molecule has 7 heteroatoms. The molecule has 29 heavy (non-hydrogen) atoms. The van der Waals surface area contributed by atoms with Crippen molar-refractivity contribution in [3.8, 4) is 17.2 Å². The van der Waals surface area contributed by atoms with E-state index in [4.69, 9.17) is 14.2 Å². The number of nitrogens with zero attached hydrogens (tertiary/aromatic N) is 2. The molecule has 0 saturated heterocycles. The molecule has 0 heterocycles. The first-order valence-corrected chi connectivity index (χ1v) is 9.48. The number of ether oxygens (including phenoxy) is 3. The zero-order valence-electron chi connectivity index (χ0n) is 17.7. The highest BCUT2D eigenvalue weighted by Crippen LogP contribution is 2.27. The van der Waals surface area contributed by atoms with Crippen LogP contribution in [0, 0.1) is 0 Å². The highest BCUT2D eigenvalue weighted by atomic mass is 127. The van der Waals surface area contributed by atoms with Crippen LogP contribution < -0.4 is 19.5 Å². The maximum Gasteiger partial charge on any atom is 0.193 e. The molecule has 0 radical (unpaired) electrons. The lowest BCUT2D eigenvalue weighted by molar-refractivity contribution is 0.310. The van der Waals surface area contributed by atoms with Gasteiger partial charge in [0, 0.05) is 27.2 Å². The average molecular weight is 513 g/mol. The van der Waals surface area contributed by atoms with Crippen LogP contribution in [0.3, 0.4) is 0 Å². The molecular formula is C22H32IN3O3. The van der Waals surface area contributed by atoms with Gasteiger partial charge in [0.15, 0.2) is 17.5 Å². The Labute approximate surface area is 191 Å². The van der Waals surface area contributed by atoms with E-state index >= 15 is 0 Å². The summed E-state index contributed by atoms with van der Waals surface area (Å²) in [6.07, 6.45) is 1.78. The predicted octanol–water partition coefficient (Wildman–Crippen LogP) is 3.84. The number of hydrogen-bond donors (Lipinski definition) is 1. The van der Waals surface area contributed by atoms with Crippen LogP contribution in [0.5, 0.6) is 17.2 Å². The van der Waals surface area contributed by atoms with Gasteiger partial charge in [-0.3, -0.25) is 4.99 Å². The van der Waals surface area contributed by atoms with Crippen molar-refractivity contribution in [2.75, 3.05) is 48.0 Å². The first kappa shape index (κ1) is 24.9.